The Hall–Kier alpha value is -3.89. The second-order valence-corrected chi connectivity index (χ2v) is 11.7. The highest BCUT2D eigenvalue weighted by Crippen LogP contribution is 2.41. The number of thiazole rings is 1. The van der Waals surface area contributed by atoms with E-state index in [0.717, 1.165) is 16.2 Å². The highest BCUT2D eigenvalue weighted by molar-refractivity contribution is 8.00. The van der Waals surface area contributed by atoms with Crippen LogP contribution in [0.2, 0.25) is 4.34 Å². The summed E-state index contributed by atoms with van der Waals surface area (Å²) >= 11 is 8.32. The molecule has 4 heterocycles. The van der Waals surface area contributed by atoms with Crippen molar-refractivity contribution in [3.8, 4) is 0 Å². The number of nitrogens with two attached hydrogens (primary N) is 2. The van der Waals surface area contributed by atoms with Crippen molar-refractivity contribution in [2.75, 3.05) is 17.2 Å². The third-order valence-corrected chi connectivity index (χ3v) is 8.70. The maximum Gasteiger partial charge on any atom is 0.352 e. The molecule has 2 aromatic heterocycles. The number of β-lactam (4-membered cyclic amide) rings is 1. The van der Waals surface area contributed by atoms with Crippen molar-refractivity contribution >= 4 is 75.0 Å². The van der Waals surface area contributed by atoms with E-state index >= 15 is 0 Å². The number of carbonyl (C=O) groups excluding carboxylic acids is 2. The minimum absolute atomic E-state index is 0.0136. The second kappa shape index (κ2) is 10.0. The van der Waals surface area contributed by atoms with Crippen molar-refractivity contribution in [1.29, 1.82) is 0 Å². The fourth-order valence-electron chi connectivity index (χ4n) is 4.06. The van der Waals surface area contributed by atoms with Gasteiger partial charge in [0.2, 0.25) is 5.60 Å². The number of halogens is 1. The first-order chi connectivity index (χ1) is 18.5. The van der Waals surface area contributed by atoms with E-state index in [2.05, 4.69) is 15.5 Å². The number of thioether (sulfide) groups is 1. The predicted octanol–water partition coefficient (Wildman–Crippen LogP) is 0.0251. The first-order valence-electron chi connectivity index (χ1n) is 11.4. The number of aromatic nitrogens is 2. The van der Waals surface area contributed by atoms with Crippen LogP contribution in [0.1, 0.15) is 18.5 Å². The lowest BCUT2D eigenvalue weighted by molar-refractivity contribution is -0.688. The number of rotatable bonds is 9. The summed E-state index contributed by atoms with van der Waals surface area (Å²) in [5.41, 5.74) is 10.2. The molecule has 1 aliphatic carbocycles. The minimum Gasteiger partial charge on any atom is -0.478 e. The van der Waals surface area contributed by atoms with Gasteiger partial charge in [0.25, 0.3) is 11.8 Å². The number of fused-ring (bicyclic) bond motifs is 1. The van der Waals surface area contributed by atoms with E-state index in [-0.39, 0.29) is 40.2 Å². The summed E-state index contributed by atoms with van der Waals surface area (Å²) in [6.07, 6.45) is 3.80. The number of carbonyl (C=O) groups is 4. The lowest BCUT2D eigenvalue weighted by Gasteiger charge is -2.49. The van der Waals surface area contributed by atoms with Gasteiger partial charge >= 0.3 is 11.9 Å². The molecule has 2 amide bonds. The second-order valence-electron chi connectivity index (χ2n) is 8.93. The van der Waals surface area contributed by atoms with E-state index in [9.17, 15) is 29.4 Å². The number of anilines is 2. The van der Waals surface area contributed by atoms with E-state index in [0.29, 0.717) is 17.0 Å². The van der Waals surface area contributed by atoms with Crippen LogP contribution < -0.4 is 21.4 Å². The molecule has 17 heteroatoms. The van der Waals surface area contributed by atoms with Crippen LogP contribution in [0.25, 0.3) is 0 Å². The van der Waals surface area contributed by atoms with Gasteiger partial charge in [-0.15, -0.1) is 11.8 Å². The molecule has 2 aliphatic heterocycles. The molecule has 2 unspecified atom stereocenters. The van der Waals surface area contributed by atoms with E-state index in [1.165, 1.54) is 11.8 Å². The maximum absolute atomic E-state index is 13.3. The lowest BCUT2D eigenvalue weighted by Crippen LogP contribution is -2.71. The molecule has 39 heavy (non-hydrogen) atoms. The number of oxime groups is 1. The largest absolute Gasteiger partial charge is 0.478 e. The highest BCUT2D eigenvalue weighted by atomic mass is 35.5. The molecule has 2 atom stereocenters. The van der Waals surface area contributed by atoms with Crippen molar-refractivity contribution in [3.05, 3.63) is 45.8 Å². The zero-order chi connectivity index (χ0) is 28.1. The molecule has 2 aromatic rings. The summed E-state index contributed by atoms with van der Waals surface area (Å²) < 4.78 is 1.76. The topological polar surface area (TPSA) is 214 Å². The van der Waals surface area contributed by atoms with E-state index in [1.807, 2.05) is 0 Å². The van der Waals surface area contributed by atoms with Crippen LogP contribution in [0.5, 0.6) is 0 Å². The number of amides is 2. The molecule has 1 saturated carbocycles. The number of nitrogens with zero attached hydrogens (tertiary/aromatic N) is 4. The number of hydrogen-bond acceptors (Lipinski definition) is 11. The fraction of sp³-hybridized carbons (Fsp3) is 0.318. The fourth-order valence-corrected chi connectivity index (χ4v) is 6.32. The van der Waals surface area contributed by atoms with Gasteiger partial charge < -0.3 is 31.8 Å². The Labute approximate surface area is 233 Å². The third-order valence-electron chi connectivity index (χ3n) is 6.27. The summed E-state index contributed by atoms with van der Waals surface area (Å²) in [6.45, 7) is 0.228. The van der Waals surface area contributed by atoms with E-state index in [1.54, 1.807) is 29.1 Å². The van der Waals surface area contributed by atoms with Crippen LogP contribution >= 0.6 is 34.7 Å². The van der Waals surface area contributed by atoms with Gasteiger partial charge in [0.1, 0.15) is 27.1 Å². The van der Waals surface area contributed by atoms with E-state index in [4.69, 9.17) is 27.9 Å². The van der Waals surface area contributed by atoms with E-state index < -0.39 is 46.5 Å². The first-order valence-corrected chi connectivity index (χ1v) is 13.6. The molecule has 0 spiro atoms. The minimum atomic E-state index is -1.55. The normalized spacial score (nSPS) is 21.6. The molecule has 5 rings (SSSR count). The van der Waals surface area contributed by atoms with Gasteiger partial charge in [0.05, 0.1) is 0 Å². The summed E-state index contributed by atoms with van der Waals surface area (Å²) in [5.74, 6) is -3.76. The number of hydrogen-bond donors (Lipinski definition) is 5. The monoisotopic (exact) mass is 594 g/mol. The molecular formula is C22H21ClN7O7S2+. The zero-order valence-electron chi connectivity index (χ0n) is 19.9. The van der Waals surface area contributed by atoms with Crippen LogP contribution in [0.4, 0.5) is 10.8 Å². The summed E-state index contributed by atoms with van der Waals surface area (Å²) in [4.78, 5) is 60.3. The predicted molar refractivity (Wildman–Crippen MR) is 139 cm³/mol. The molecule has 14 nitrogen and oxygen atoms in total. The molecule has 0 radical (unpaired) electrons. The van der Waals surface area contributed by atoms with Crippen LogP contribution in [-0.4, -0.2) is 72.3 Å². The highest BCUT2D eigenvalue weighted by Gasteiger charge is 2.56. The molecule has 7 N–H and O–H groups in total. The zero-order valence-corrected chi connectivity index (χ0v) is 22.3. The van der Waals surface area contributed by atoms with Gasteiger partial charge in [-0.25, -0.2) is 19.1 Å². The number of carboxylic acids is 2. The van der Waals surface area contributed by atoms with Crippen LogP contribution in [0.15, 0.2) is 41.0 Å². The quantitative estimate of drug-likeness (QED) is 0.113. The molecule has 3 aliphatic rings. The van der Waals surface area contributed by atoms with Crippen molar-refractivity contribution in [2.24, 2.45) is 5.16 Å². The van der Waals surface area contributed by atoms with Crippen LogP contribution in [0, 0.1) is 0 Å². The Bertz CT molecular complexity index is 1450. The maximum atomic E-state index is 13.3. The molecule has 0 aromatic carbocycles. The number of nitrogens with one attached hydrogen (secondary N) is 1. The lowest BCUT2D eigenvalue weighted by atomic mass is 10.0. The van der Waals surface area contributed by atoms with Crippen LogP contribution in [0.3, 0.4) is 0 Å². The molecule has 204 valence electrons. The number of pyridine rings is 1. The molecule has 1 saturated heterocycles. The van der Waals surface area contributed by atoms with Gasteiger partial charge in [0, 0.05) is 42.0 Å². The Morgan fingerprint density at radius 1 is 1.28 bits per heavy atom. The van der Waals surface area contributed by atoms with Gasteiger partial charge in [-0.2, -0.15) is 0 Å². The van der Waals surface area contributed by atoms with Gasteiger partial charge in [-0.3, -0.25) is 14.5 Å². The molecule has 2 fully saturated rings. The number of carboxylic acid groups (broad SMARTS) is 2. The Kier molecular flexibility index (Phi) is 6.86. The van der Waals surface area contributed by atoms with Gasteiger partial charge in [0.15, 0.2) is 29.8 Å². The first kappa shape index (κ1) is 26.7. The van der Waals surface area contributed by atoms with Crippen LogP contribution in [-0.2, 0) is 30.6 Å². The third kappa shape index (κ3) is 4.97. The SMILES string of the molecule is Nc1cc[n+](CC2=C(C(=O)O)N3C(=O)C(NC(=O)/C(=N\OC4(C(=O)O)CC4)c4nc(N)sc4Cl)C3SC2)cc1. The standard InChI is InChI=1S/C22H20ClN7O7S2/c23-15-11(27-21(25)39-15)12(28-37-22(3-4-22)20(35)36)16(31)26-13-17(32)30-14(19(33)34)9(8-38-18(13)30)7-29-5-1-10(24)2-6-29/h1-2,5-6,13,18,24H,3-4,7-8H2,(H5,25,26,27,31,33,34,35,36)/p+1/b28-12-. The Morgan fingerprint density at radius 2 is 1.97 bits per heavy atom. The smallest absolute Gasteiger partial charge is 0.352 e. The average molecular weight is 595 g/mol. The van der Waals surface area contributed by atoms with Crippen molar-refractivity contribution < 1.29 is 38.8 Å². The average Bonchev–Trinajstić information content (AvgIpc) is 3.61. The Morgan fingerprint density at radius 3 is 2.54 bits per heavy atom. The Balaban J connectivity index is 1.37. The summed E-state index contributed by atoms with van der Waals surface area (Å²) in [6, 6.07) is 2.26. The van der Waals surface area contributed by atoms with Crippen molar-refractivity contribution in [1.82, 2.24) is 15.2 Å². The molecular weight excluding hydrogens is 574 g/mol. The summed E-state index contributed by atoms with van der Waals surface area (Å²) in [5, 5.41) is 24.9. The van der Waals surface area contributed by atoms with Crippen molar-refractivity contribution in [2.45, 2.75) is 36.4 Å². The van der Waals surface area contributed by atoms with Gasteiger partial charge in [-0.05, 0) is 0 Å². The summed E-state index contributed by atoms with van der Waals surface area (Å²) in [7, 11) is 0. The van der Waals surface area contributed by atoms with Gasteiger partial charge in [-0.1, -0.05) is 28.1 Å². The van der Waals surface area contributed by atoms with Crippen molar-refractivity contribution in [3.63, 3.8) is 0 Å². The molecule has 0 bridgehead atoms. The number of aliphatic carboxylic acids is 2. The number of nitrogen functional groups attached to an aromatic ring is 2.